The van der Waals surface area contributed by atoms with E-state index in [2.05, 4.69) is 4.74 Å². The zero-order valence-electron chi connectivity index (χ0n) is 11.5. The number of carbonyl (C=O) groups excluding carboxylic acids is 1. The second kappa shape index (κ2) is 8.44. The molecule has 0 radical (unpaired) electrons. The minimum absolute atomic E-state index is 0.0184. The van der Waals surface area contributed by atoms with Gasteiger partial charge in [-0.3, -0.25) is 4.79 Å². The maximum Gasteiger partial charge on any atom is 0.305 e. The standard InChI is InChI=1S/C11H23NO5S/c1-10(2)17-8-9-18(14,15)12(3)7-5-6-11(13)16-4/h10H,5-9H2,1-4H3. The molecule has 0 amide bonds. The Balaban J connectivity index is 3.99. The maximum absolute atomic E-state index is 11.8. The fourth-order valence-corrected chi connectivity index (χ4v) is 2.26. The molecule has 0 atom stereocenters. The van der Waals surface area contributed by atoms with E-state index in [1.807, 2.05) is 13.8 Å². The van der Waals surface area contributed by atoms with Gasteiger partial charge in [-0.05, 0) is 20.3 Å². The summed E-state index contributed by atoms with van der Waals surface area (Å²) in [7, 11) is -0.491. The Morgan fingerprint density at radius 1 is 1.33 bits per heavy atom. The number of hydrogen-bond acceptors (Lipinski definition) is 5. The number of nitrogens with zero attached hydrogens (tertiary/aromatic N) is 1. The van der Waals surface area contributed by atoms with Crippen molar-refractivity contribution in [3.8, 4) is 0 Å². The average Bonchev–Trinajstić information content (AvgIpc) is 2.27. The molecule has 0 spiro atoms. The highest BCUT2D eigenvalue weighted by atomic mass is 32.2. The summed E-state index contributed by atoms with van der Waals surface area (Å²) in [5, 5.41) is 0. The van der Waals surface area contributed by atoms with E-state index in [1.165, 1.54) is 18.5 Å². The van der Waals surface area contributed by atoms with Crippen LogP contribution in [0, 0.1) is 0 Å². The fraction of sp³-hybridized carbons (Fsp3) is 0.909. The molecule has 0 aliphatic carbocycles. The number of esters is 1. The first kappa shape index (κ1) is 17.3. The Bertz CT molecular complexity index is 339. The second-order valence-corrected chi connectivity index (χ2v) is 6.43. The van der Waals surface area contributed by atoms with Crippen LogP contribution in [0.5, 0.6) is 0 Å². The lowest BCUT2D eigenvalue weighted by Crippen LogP contribution is -2.32. The summed E-state index contributed by atoms with van der Waals surface area (Å²) in [4.78, 5) is 10.9. The van der Waals surface area contributed by atoms with E-state index in [4.69, 9.17) is 4.74 Å². The van der Waals surface area contributed by atoms with Crippen molar-refractivity contribution in [3.63, 3.8) is 0 Å². The van der Waals surface area contributed by atoms with Gasteiger partial charge < -0.3 is 9.47 Å². The number of carbonyl (C=O) groups is 1. The minimum Gasteiger partial charge on any atom is -0.469 e. The minimum atomic E-state index is -3.30. The van der Waals surface area contributed by atoms with E-state index >= 15 is 0 Å². The summed E-state index contributed by atoms with van der Waals surface area (Å²) >= 11 is 0. The van der Waals surface area contributed by atoms with Crippen molar-refractivity contribution in [3.05, 3.63) is 0 Å². The molecule has 0 saturated heterocycles. The van der Waals surface area contributed by atoms with E-state index in [-0.39, 0.29) is 30.9 Å². The lowest BCUT2D eigenvalue weighted by atomic mass is 10.3. The normalized spacial score (nSPS) is 12.1. The molecule has 0 aliphatic rings. The monoisotopic (exact) mass is 281 g/mol. The van der Waals surface area contributed by atoms with Crippen molar-refractivity contribution in [1.82, 2.24) is 4.31 Å². The van der Waals surface area contributed by atoms with Gasteiger partial charge in [0.2, 0.25) is 10.0 Å². The molecule has 0 fully saturated rings. The molecule has 0 aliphatic heterocycles. The summed E-state index contributed by atoms with van der Waals surface area (Å²) in [6.07, 6.45) is 0.691. The van der Waals surface area contributed by atoms with E-state index in [1.54, 1.807) is 0 Å². The highest BCUT2D eigenvalue weighted by Crippen LogP contribution is 2.03. The first-order valence-corrected chi connectivity index (χ1v) is 7.53. The molecule has 0 rings (SSSR count). The molecule has 108 valence electrons. The smallest absolute Gasteiger partial charge is 0.305 e. The van der Waals surface area contributed by atoms with Gasteiger partial charge in [-0.15, -0.1) is 0 Å². The molecule has 0 saturated carbocycles. The molecule has 0 N–H and O–H groups in total. The molecular formula is C11H23NO5S. The van der Waals surface area contributed by atoms with Crippen LogP contribution in [0.2, 0.25) is 0 Å². The molecule has 0 aromatic carbocycles. The number of hydrogen-bond donors (Lipinski definition) is 0. The van der Waals surface area contributed by atoms with Crippen molar-refractivity contribution >= 4 is 16.0 Å². The Kier molecular flexibility index (Phi) is 8.13. The van der Waals surface area contributed by atoms with E-state index in [0.29, 0.717) is 13.0 Å². The summed E-state index contributed by atoms with van der Waals surface area (Å²) in [6.45, 7) is 4.19. The third-order valence-corrected chi connectivity index (χ3v) is 4.16. The summed E-state index contributed by atoms with van der Waals surface area (Å²) < 4.78 is 34.5. The van der Waals surface area contributed by atoms with E-state index in [0.717, 1.165) is 0 Å². The Morgan fingerprint density at radius 2 is 1.94 bits per heavy atom. The Hall–Kier alpha value is -0.660. The van der Waals surface area contributed by atoms with Gasteiger partial charge in [0, 0.05) is 20.0 Å². The molecule has 7 heteroatoms. The predicted octanol–water partition coefficient (Wildman–Crippen LogP) is 0.626. The molecule has 0 heterocycles. The molecule has 0 unspecified atom stereocenters. The average molecular weight is 281 g/mol. The lowest BCUT2D eigenvalue weighted by Gasteiger charge is -2.17. The van der Waals surface area contributed by atoms with Crippen LogP contribution in [0.15, 0.2) is 0 Å². The molecule has 0 aromatic rings. The molecule has 18 heavy (non-hydrogen) atoms. The van der Waals surface area contributed by atoms with Crippen molar-refractivity contribution in [2.75, 3.05) is 33.1 Å². The van der Waals surface area contributed by atoms with Crippen LogP contribution in [-0.4, -0.2) is 57.9 Å². The zero-order chi connectivity index (χ0) is 14.2. The highest BCUT2D eigenvalue weighted by Gasteiger charge is 2.17. The summed E-state index contributed by atoms with van der Waals surface area (Å²) in [6, 6.07) is 0. The predicted molar refractivity (Wildman–Crippen MR) is 68.8 cm³/mol. The van der Waals surface area contributed by atoms with Gasteiger partial charge in [0.25, 0.3) is 0 Å². The van der Waals surface area contributed by atoms with Gasteiger partial charge in [-0.25, -0.2) is 12.7 Å². The van der Waals surface area contributed by atoms with Gasteiger partial charge in [-0.1, -0.05) is 0 Å². The number of methoxy groups -OCH3 is 1. The Morgan fingerprint density at radius 3 is 2.44 bits per heavy atom. The highest BCUT2D eigenvalue weighted by molar-refractivity contribution is 7.89. The van der Waals surface area contributed by atoms with Crippen LogP contribution < -0.4 is 0 Å². The van der Waals surface area contributed by atoms with Gasteiger partial charge in [0.05, 0.1) is 25.6 Å². The third kappa shape index (κ3) is 7.62. The number of rotatable bonds is 9. The topological polar surface area (TPSA) is 72.9 Å². The van der Waals surface area contributed by atoms with Crippen LogP contribution in [0.4, 0.5) is 0 Å². The van der Waals surface area contributed by atoms with Crippen LogP contribution >= 0.6 is 0 Å². The Labute approximate surface area is 109 Å². The number of ether oxygens (including phenoxy) is 2. The fourth-order valence-electron chi connectivity index (χ4n) is 1.23. The van der Waals surface area contributed by atoms with Gasteiger partial charge in [-0.2, -0.15) is 0 Å². The first-order chi connectivity index (χ1) is 8.29. The van der Waals surface area contributed by atoms with E-state index in [9.17, 15) is 13.2 Å². The molecule has 6 nitrogen and oxygen atoms in total. The summed E-state index contributed by atoms with van der Waals surface area (Å²) in [5.41, 5.74) is 0. The second-order valence-electron chi connectivity index (χ2n) is 4.24. The number of sulfonamides is 1. The van der Waals surface area contributed by atoms with E-state index < -0.39 is 10.0 Å². The van der Waals surface area contributed by atoms with Crippen LogP contribution in [0.1, 0.15) is 26.7 Å². The zero-order valence-corrected chi connectivity index (χ0v) is 12.3. The van der Waals surface area contributed by atoms with Crippen molar-refractivity contribution in [2.45, 2.75) is 32.8 Å². The van der Waals surface area contributed by atoms with Gasteiger partial charge >= 0.3 is 5.97 Å². The summed E-state index contributed by atoms with van der Waals surface area (Å²) in [5.74, 6) is -0.371. The molecular weight excluding hydrogens is 258 g/mol. The van der Waals surface area contributed by atoms with Crippen molar-refractivity contribution in [2.24, 2.45) is 0 Å². The first-order valence-electron chi connectivity index (χ1n) is 5.92. The van der Waals surface area contributed by atoms with Crippen LogP contribution in [0.3, 0.4) is 0 Å². The maximum atomic E-state index is 11.8. The van der Waals surface area contributed by atoms with Crippen molar-refractivity contribution in [1.29, 1.82) is 0 Å². The lowest BCUT2D eigenvalue weighted by molar-refractivity contribution is -0.140. The largest absolute Gasteiger partial charge is 0.469 e. The van der Waals surface area contributed by atoms with Gasteiger partial charge in [0.1, 0.15) is 0 Å². The van der Waals surface area contributed by atoms with Gasteiger partial charge in [0.15, 0.2) is 0 Å². The third-order valence-electron chi connectivity index (χ3n) is 2.35. The molecule has 0 aromatic heterocycles. The quantitative estimate of drug-likeness (QED) is 0.579. The van der Waals surface area contributed by atoms with Crippen LogP contribution in [0.25, 0.3) is 0 Å². The molecule has 0 bridgehead atoms. The van der Waals surface area contributed by atoms with Crippen LogP contribution in [-0.2, 0) is 24.3 Å². The van der Waals surface area contributed by atoms with Crippen molar-refractivity contribution < 1.29 is 22.7 Å². The SMILES string of the molecule is COC(=O)CCCN(C)S(=O)(=O)CCOC(C)C.